The summed E-state index contributed by atoms with van der Waals surface area (Å²) in [7, 11) is 0. The Kier molecular flexibility index (Phi) is 6.69. The van der Waals surface area contributed by atoms with E-state index < -0.39 is 17.8 Å². The summed E-state index contributed by atoms with van der Waals surface area (Å²) in [5, 5.41) is 2.73. The van der Waals surface area contributed by atoms with Crippen LogP contribution in [0.2, 0.25) is 0 Å². The van der Waals surface area contributed by atoms with Gasteiger partial charge in [0, 0.05) is 28.8 Å². The van der Waals surface area contributed by atoms with Gasteiger partial charge < -0.3 is 15.0 Å². The van der Waals surface area contributed by atoms with Gasteiger partial charge in [-0.1, -0.05) is 41.1 Å². The van der Waals surface area contributed by atoms with E-state index >= 15 is 0 Å². The summed E-state index contributed by atoms with van der Waals surface area (Å²) < 4.78 is 6.09. The van der Waals surface area contributed by atoms with Crippen molar-refractivity contribution < 1.29 is 19.1 Å². The average molecular weight is 459 g/mol. The Hall–Kier alpha value is -2.67. The van der Waals surface area contributed by atoms with E-state index in [0.717, 1.165) is 27.7 Å². The molecule has 0 unspecified atom stereocenters. The number of carbonyl (C=O) groups is 3. The summed E-state index contributed by atoms with van der Waals surface area (Å²) in [6.45, 7) is 3.78. The minimum Gasteiger partial charge on any atom is -0.455 e. The molecule has 0 aliphatic carbocycles. The van der Waals surface area contributed by atoms with Gasteiger partial charge in [-0.3, -0.25) is 14.4 Å². The van der Waals surface area contributed by atoms with Crippen LogP contribution in [0.4, 0.5) is 11.4 Å². The molecule has 2 aromatic rings. The molecule has 1 saturated heterocycles. The third-order valence-electron chi connectivity index (χ3n) is 4.93. The molecule has 152 valence electrons. The Bertz CT molecular complexity index is 944. The van der Waals surface area contributed by atoms with E-state index in [1.807, 2.05) is 50.2 Å². The summed E-state index contributed by atoms with van der Waals surface area (Å²) in [5.41, 5.74) is 3.44. The first-order chi connectivity index (χ1) is 13.9. The van der Waals surface area contributed by atoms with Crippen molar-refractivity contribution in [2.45, 2.75) is 26.7 Å². The molecule has 1 aliphatic heterocycles. The van der Waals surface area contributed by atoms with Crippen molar-refractivity contribution in [1.82, 2.24) is 0 Å². The van der Waals surface area contributed by atoms with Crippen LogP contribution in [0.3, 0.4) is 0 Å². The first-order valence-corrected chi connectivity index (χ1v) is 10.3. The second-order valence-corrected chi connectivity index (χ2v) is 7.92. The van der Waals surface area contributed by atoms with Crippen molar-refractivity contribution in [2.75, 3.05) is 23.4 Å². The topological polar surface area (TPSA) is 75.7 Å². The Morgan fingerprint density at radius 3 is 2.72 bits per heavy atom. The standard InChI is InChI=1S/C22H23BrN2O4/c1-3-15-6-4-5-7-19(15)25-12-16(11-21(25)27)22(28)29-13-20(26)24-18-9-8-17(23)10-14(18)2/h4-10,16H,3,11-13H2,1-2H3,(H,24,26)/t16-/m0/s1. The van der Waals surface area contributed by atoms with Gasteiger partial charge in [0.25, 0.3) is 5.91 Å². The smallest absolute Gasteiger partial charge is 0.311 e. The van der Waals surface area contributed by atoms with E-state index in [1.54, 1.807) is 11.0 Å². The third kappa shape index (κ3) is 5.03. The van der Waals surface area contributed by atoms with E-state index in [2.05, 4.69) is 21.2 Å². The van der Waals surface area contributed by atoms with Crippen LogP contribution in [-0.2, 0) is 25.5 Å². The number of para-hydroxylation sites is 1. The van der Waals surface area contributed by atoms with Gasteiger partial charge in [0.05, 0.1) is 5.92 Å². The van der Waals surface area contributed by atoms with Crippen molar-refractivity contribution in [3.05, 3.63) is 58.1 Å². The Balaban J connectivity index is 1.56. The Morgan fingerprint density at radius 1 is 1.24 bits per heavy atom. The van der Waals surface area contributed by atoms with Gasteiger partial charge in [-0.15, -0.1) is 0 Å². The van der Waals surface area contributed by atoms with Crippen LogP contribution in [-0.4, -0.2) is 30.9 Å². The van der Waals surface area contributed by atoms with Gasteiger partial charge in [0.15, 0.2) is 6.61 Å². The predicted molar refractivity (Wildman–Crippen MR) is 115 cm³/mol. The number of anilines is 2. The van der Waals surface area contributed by atoms with Gasteiger partial charge in [-0.05, 0) is 48.7 Å². The molecule has 6 nitrogen and oxygen atoms in total. The molecule has 7 heteroatoms. The molecule has 0 spiro atoms. The molecule has 2 aromatic carbocycles. The summed E-state index contributed by atoms with van der Waals surface area (Å²) in [4.78, 5) is 38.6. The normalized spacial score (nSPS) is 16.0. The number of nitrogens with zero attached hydrogens (tertiary/aromatic N) is 1. The number of esters is 1. The van der Waals surface area contributed by atoms with Gasteiger partial charge in [0.1, 0.15) is 0 Å². The van der Waals surface area contributed by atoms with Crippen LogP contribution >= 0.6 is 15.9 Å². The quantitative estimate of drug-likeness (QED) is 0.666. The summed E-state index contributed by atoms with van der Waals surface area (Å²) in [5.74, 6) is -1.63. The Morgan fingerprint density at radius 2 is 2.00 bits per heavy atom. The van der Waals surface area contributed by atoms with Gasteiger partial charge >= 0.3 is 5.97 Å². The lowest BCUT2D eigenvalue weighted by molar-refractivity contribution is -0.151. The van der Waals surface area contributed by atoms with E-state index in [-0.39, 0.29) is 25.5 Å². The zero-order valence-corrected chi connectivity index (χ0v) is 18.0. The zero-order chi connectivity index (χ0) is 21.0. The largest absolute Gasteiger partial charge is 0.455 e. The number of nitrogens with one attached hydrogen (secondary N) is 1. The highest BCUT2D eigenvalue weighted by Crippen LogP contribution is 2.29. The maximum absolute atomic E-state index is 12.4. The van der Waals surface area contributed by atoms with Crippen LogP contribution in [0.25, 0.3) is 0 Å². The van der Waals surface area contributed by atoms with Crippen molar-refractivity contribution >= 4 is 45.1 Å². The first kappa shape index (κ1) is 21.0. The van der Waals surface area contributed by atoms with Crippen molar-refractivity contribution in [2.24, 2.45) is 5.92 Å². The highest BCUT2D eigenvalue weighted by atomic mass is 79.9. The second kappa shape index (κ2) is 9.22. The van der Waals surface area contributed by atoms with E-state index in [1.165, 1.54) is 0 Å². The summed E-state index contributed by atoms with van der Waals surface area (Å²) >= 11 is 3.37. The molecule has 1 aliphatic rings. The maximum Gasteiger partial charge on any atom is 0.311 e. The molecule has 0 aromatic heterocycles. The lowest BCUT2D eigenvalue weighted by atomic mass is 10.1. The Labute approximate surface area is 178 Å². The number of ether oxygens (including phenoxy) is 1. The van der Waals surface area contributed by atoms with E-state index in [9.17, 15) is 14.4 Å². The molecular weight excluding hydrogens is 436 g/mol. The maximum atomic E-state index is 12.4. The third-order valence-corrected chi connectivity index (χ3v) is 5.42. The van der Waals surface area contributed by atoms with Crippen molar-refractivity contribution in [3.8, 4) is 0 Å². The first-order valence-electron chi connectivity index (χ1n) is 9.50. The molecule has 0 bridgehead atoms. The second-order valence-electron chi connectivity index (χ2n) is 7.00. The fourth-order valence-corrected chi connectivity index (χ4v) is 3.86. The fourth-order valence-electron chi connectivity index (χ4n) is 3.38. The predicted octanol–water partition coefficient (Wildman–Crippen LogP) is 3.85. The van der Waals surface area contributed by atoms with Crippen LogP contribution in [0.15, 0.2) is 46.9 Å². The highest BCUT2D eigenvalue weighted by Gasteiger charge is 2.37. The molecule has 0 radical (unpaired) electrons. The molecule has 29 heavy (non-hydrogen) atoms. The zero-order valence-electron chi connectivity index (χ0n) is 16.4. The monoisotopic (exact) mass is 458 g/mol. The number of amides is 2. The number of carbonyl (C=O) groups excluding carboxylic acids is 3. The van der Waals surface area contributed by atoms with Gasteiger partial charge in [-0.2, -0.15) is 0 Å². The molecular formula is C22H23BrN2O4. The highest BCUT2D eigenvalue weighted by molar-refractivity contribution is 9.10. The molecule has 1 heterocycles. The fraction of sp³-hybridized carbons (Fsp3) is 0.318. The number of benzene rings is 2. The van der Waals surface area contributed by atoms with Crippen LogP contribution in [0.5, 0.6) is 0 Å². The SMILES string of the molecule is CCc1ccccc1N1C[C@@H](C(=O)OCC(=O)Nc2ccc(Br)cc2C)CC1=O. The molecule has 1 fully saturated rings. The summed E-state index contributed by atoms with van der Waals surface area (Å²) in [6, 6.07) is 13.2. The molecule has 0 saturated carbocycles. The van der Waals surface area contributed by atoms with Crippen LogP contribution < -0.4 is 10.2 Å². The van der Waals surface area contributed by atoms with Crippen LogP contribution in [0.1, 0.15) is 24.5 Å². The molecule has 1 N–H and O–H groups in total. The lowest BCUT2D eigenvalue weighted by Gasteiger charge is -2.19. The van der Waals surface area contributed by atoms with Gasteiger partial charge in [-0.25, -0.2) is 0 Å². The lowest BCUT2D eigenvalue weighted by Crippen LogP contribution is -2.28. The molecule has 1 atom stereocenters. The van der Waals surface area contributed by atoms with E-state index in [0.29, 0.717) is 5.69 Å². The van der Waals surface area contributed by atoms with Crippen molar-refractivity contribution in [1.29, 1.82) is 0 Å². The molecule has 2 amide bonds. The summed E-state index contributed by atoms with van der Waals surface area (Å²) in [6.07, 6.45) is 0.884. The minimum absolute atomic E-state index is 0.0876. The molecule has 3 rings (SSSR count). The number of hydrogen-bond donors (Lipinski definition) is 1. The number of halogens is 1. The number of rotatable bonds is 6. The number of hydrogen-bond acceptors (Lipinski definition) is 4. The minimum atomic E-state index is -0.574. The van der Waals surface area contributed by atoms with Gasteiger partial charge in [0.2, 0.25) is 5.91 Å². The average Bonchev–Trinajstić information content (AvgIpc) is 3.09. The van der Waals surface area contributed by atoms with Crippen LogP contribution in [0, 0.1) is 12.8 Å². The number of aryl methyl sites for hydroxylation is 2. The van der Waals surface area contributed by atoms with Crippen molar-refractivity contribution in [3.63, 3.8) is 0 Å². The van der Waals surface area contributed by atoms with E-state index in [4.69, 9.17) is 4.74 Å².